The maximum atomic E-state index is 10.3. The van der Waals surface area contributed by atoms with Gasteiger partial charge < -0.3 is 10.2 Å². The zero-order valence-corrected chi connectivity index (χ0v) is 21.3. The zero-order chi connectivity index (χ0) is 24.5. The number of aliphatic carboxylic acids is 1. The summed E-state index contributed by atoms with van der Waals surface area (Å²) in [6.45, 7) is 8.34. The van der Waals surface area contributed by atoms with Crippen LogP contribution < -0.4 is 0 Å². The fourth-order valence-electron chi connectivity index (χ4n) is 3.15. The highest BCUT2D eigenvalue weighted by Gasteiger charge is 2.00. The average Bonchev–Trinajstić information content (AvgIpc) is 2.73. The van der Waals surface area contributed by atoms with Crippen LogP contribution in [0.15, 0.2) is 35.5 Å². The predicted octanol–water partition coefficient (Wildman–Crippen LogP) is 7.96. The summed E-state index contributed by atoms with van der Waals surface area (Å²) in [5.41, 5.74) is 2.49. The number of rotatable bonds is 19. The van der Waals surface area contributed by atoms with E-state index in [2.05, 4.69) is 39.0 Å². The maximum Gasteiger partial charge on any atom is 0.303 e. The predicted molar refractivity (Wildman–Crippen MR) is 137 cm³/mol. The first kappa shape index (κ1) is 32.5. The van der Waals surface area contributed by atoms with Gasteiger partial charge in [0.25, 0.3) is 0 Å². The molecule has 186 valence electrons. The molecule has 0 heterocycles. The molecular weight excluding hydrogens is 400 g/mol. The van der Waals surface area contributed by atoms with Crippen molar-refractivity contribution in [3.05, 3.63) is 35.5 Å². The molecule has 0 aliphatic rings. The summed E-state index contributed by atoms with van der Waals surface area (Å²) in [5, 5.41) is 18.3. The van der Waals surface area contributed by atoms with Crippen LogP contribution in [0.1, 0.15) is 124 Å². The van der Waals surface area contributed by atoms with Gasteiger partial charge in [-0.2, -0.15) is 0 Å². The van der Waals surface area contributed by atoms with Crippen molar-refractivity contribution in [2.24, 2.45) is 0 Å². The zero-order valence-electron chi connectivity index (χ0n) is 21.3. The number of aliphatic hydroxyl groups is 1. The molecule has 0 spiro atoms. The van der Waals surface area contributed by atoms with Crippen LogP contribution >= 0.6 is 0 Å². The summed E-state index contributed by atoms with van der Waals surface area (Å²) in [4.78, 5) is 20.4. The Morgan fingerprint density at radius 2 is 1.50 bits per heavy atom. The Labute approximate surface area is 197 Å². The van der Waals surface area contributed by atoms with Gasteiger partial charge in [0.1, 0.15) is 6.29 Å². The quantitative estimate of drug-likeness (QED) is 0.0905. The van der Waals surface area contributed by atoms with Gasteiger partial charge >= 0.3 is 5.97 Å². The minimum atomic E-state index is -0.689. The minimum absolute atomic E-state index is 0.172. The number of unbranched alkanes of at least 4 members (excludes halogenated alkanes) is 8. The molecule has 0 saturated carbocycles. The lowest BCUT2D eigenvalue weighted by Gasteiger charge is -2.07. The van der Waals surface area contributed by atoms with Gasteiger partial charge in [0, 0.05) is 6.42 Å². The lowest BCUT2D eigenvalue weighted by molar-refractivity contribution is -0.137. The van der Waals surface area contributed by atoms with Crippen LogP contribution in [0.2, 0.25) is 0 Å². The van der Waals surface area contributed by atoms with Crippen molar-refractivity contribution < 1.29 is 19.8 Å². The Kier molecular flexibility index (Phi) is 26.0. The third-order valence-corrected chi connectivity index (χ3v) is 5.17. The summed E-state index contributed by atoms with van der Waals surface area (Å²) >= 11 is 0. The number of carboxylic acid groups (broad SMARTS) is 1. The molecule has 0 bridgehead atoms. The number of carboxylic acids is 1. The van der Waals surface area contributed by atoms with Gasteiger partial charge in [-0.15, -0.1) is 0 Å². The number of carbonyl (C=O) groups excluding carboxylic acids is 1. The molecule has 0 aliphatic carbocycles. The van der Waals surface area contributed by atoms with Gasteiger partial charge in [-0.25, -0.2) is 0 Å². The normalized spacial score (nSPS) is 12.2. The first-order valence-electron chi connectivity index (χ1n) is 12.6. The van der Waals surface area contributed by atoms with E-state index in [1.165, 1.54) is 31.3 Å². The number of carbonyl (C=O) groups is 2. The Morgan fingerprint density at radius 1 is 0.844 bits per heavy atom. The molecule has 2 N–H and O–H groups in total. The first-order chi connectivity index (χ1) is 15.3. The van der Waals surface area contributed by atoms with Crippen LogP contribution in [-0.4, -0.2) is 28.6 Å². The van der Waals surface area contributed by atoms with Crippen molar-refractivity contribution in [1.82, 2.24) is 0 Å². The van der Waals surface area contributed by atoms with Crippen molar-refractivity contribution in [2.75, 3.05) is 0 Å². The molecule has 4 heteroatoms. The minimum Gasteiger partial charge on any atom is -0.481 e. The van der Waals surface area contributed by atoms with Gasteiger partial charge in [-0.3, -0.25) is 9.59 Å². The van der Waals surface area contributed by atoms with E-state index in [1.807, 2.05) is 6.92 Å². The second kappa shape index (κ2) is 25.6. The molecular formula is C28H50O4. The third-order valence-electron chi connectivity index (χ3n) is 5.17. The Morgan fingerprint density at radius 3 is 2.12 bits per heavy atom. The molecule has 0 aromatic heterocycles. The molecule has 0 unspecified atom stereocenters. The lowest BCUT2D eigenvalue weighted by atomic mass is 10.1. The summed E-state index contributed by atoms with van der Waals surface area (Å²) in [6.07, 6.45) is 24.0. The number of hydrogen-bond donors (Lipinski definition) is 2. The van der Waals surface area contributed by atoms with Gasteiger partial charge in [-0.05, 0) is 71.8 Å². The molecule has 0 fully saturated rings. The van der Waals surface area contributed by atoms with Crippen molar-refractivity contribution in [3.8, 4) is 0 Å². The third kappa shape index (κ3) is 30.5. The molecule has 0 saturated heterocycles. The topological polar surface area (TPSA) is 74.6 Å². The van der Waals surface area contributed by atoms with Gasteiger partial charge in [0.2, 0.25) is 0 Å². The Hall–Kier alpha value is -1.68. The van der Waals surface area contributed by atoms with Crippen molar-refractivity contribution in [2.45, 2.75) is 130 Å². The summed E-state index contributed by atoms with van der Waals surface area (Å²) in [6, 6.07) is 0. The maximum absolute atomic E-state index is 10.3. The molecule has 0 aromatic carbocycles. The second-order valence-electron chi connectivity index (χ2n) is 8.88. The Bertz CT molecular complexity index is 528. The highest BCUT2D eigenvalue weighted by atomic mass is 16.4. The SMILES string of the molecule is CC(C)=CCCC(C)=CC=O.CCCCCC[C@@H](O)C/C=C\CCCCCCCC(=O)O. The van der Waals surface area contributed by atoms with Crippen molar-refractivity contribution in [1.29, 1.82) is 0 Å². The van der Waals surface area contributed by atoms with Gasteiger partial charge in [-0.1, -0.05) is 81.2 Å². The van der Waals surface area contributed by atoms with Gasteiger partial charge in [0.15, 0.2) is 0 Å². The van der Waals surface area contributed by atoms with E-state index in [0.29, 0.717) is 6.42 Å². The van der Waals surface area contributed by atoms with E-state index in [0.717, 1.165) is 76.1 Å². The number of aldehydes is 1. The molecule has 4 nitrogen and oxygen atoms in total. The molecule has 1 atom stereocenters. The van der Waals surface area contributed by atoms with Crippen LogP contribution in [0, 0.1) is 0 Å². The fraction of sp³-hybridized carbons (Fsp3) is 0.714. The standard InChI is InChI=1S/C18H34O3.C10H16O/c1-2-3-4-11-14-17(19)15-12-9-7-5-6-8-10-13-16-18(20)21;1-9(2)5-4-6-10(3)7-8-11/h9,12,17,19H,2-8,10-11,13-16H2,1H3,(H,20,21);5,7-8H,4,6H2,1-3H3/b12-9-;/t17-;/m1./s1. The summed E-state index contributed by atoms with van der Waals surface area (Å²) < 4.78 is 0. The molecule has 32 heavy (non-hydrogen) atoms. The van der Waals surface area contributed by atoms with Crippen LogP contribution in [-0.2, 0) is 9.59 Å². The van der Waals surface area contributed by atoms with Crippen molar-refractivity contribution >= 4 is 12.3 Å². The fourth-order valence-corrected chi connectivity index (χ4v) is 3.15. The van der Waals surface area contributed by atoms with Crippen LogP contribution in [0.3, 0.4) is 0 Å². The molecule has 0 amide bonds. The summed E-state index contributed by atoms with van der Waals surface area (Å²) in [5.74, 6) is -0.689. The smallest absolute Gasteiger partial charge is 0.303 e. The van der Waals surface area contributed by atoms with E-state index in [-0.39, 0.29) is 6.10 Å². The van der Waals surface area contributed by atoms with Gasteiger partial charge in [0.05, 0.1) is 6.10 Å². The van der Waals surface area contributed by atoms with E-state index in [9.17, 15) is 14.7 Å². The highest BCUT2D eigenvalue weighted by Crippen LogP contribution is 2.10. The number of allylic oxidation sites excluding steroid dienone is 5. The lowest BCUT2D eigenvalue weighted by Crippen LogP contribution is -2.04. The monoisotopic (exact) mass is 450 g/mol. The first-order valence-corrected chi connectivity index (χ1v) is 12.6. The number of hydrogen-bond acceptors (Lipinski definition) is 3. The van der Waals surface area contributed by atoms with Crippen LogP contribution in [0.5, 0.6) is 0 Å². The van der Waals surface area contributed by atoms with E-state index in [4.69, 9.17) is 5.11 Å². The molecule has 0 rings (SSSR count). The molecule has 0 aromatic rings. The summed E-state index contributed by atoms with van der Waals surface area (Å²) in [7, 11) is 0. The largest absolute Gasteiger partial charge is 0.481 e. The number of aliphatic hydroxyl groups excluding tert-OH is 1. The van der Waals surface area contributed by atoms with E-state index >= 15 is 0 Å². The molecule has 0 aliphatic heterocycles. The second-order valence-corrected chi connectivity index (χ2v) is 8.88. The van der Waals surface area contributed by atoms with Crippen molar-refractivity contribution in [3.63, 3.8) is 0 Å². The highest BCUT2D eigenvalue weighted by molar-refractivity contribution is 5.66. The van der Waals surface area contributed by atoms with Crippen LogP contribution in [0.25, 0.3) is 0 Å². The van der Waals surface area contributed by atoms with E-state index < -0.39 is 5.97 Å². The Balaban J connectivity index is 0. The average molecular weight is 451 g/mol. The van der Waals surface area contributed by atoms with E-state index in [1.54, 1.807) is 6.08 Å². The van der Waals surface area contributed by atoms with Crippen LogP contribution in [0.4, 0.5) is 0 Å². The molecule has 0 radical (unpaired) electrons.